The highest BCUT2D eigenvalue weighted by Gasteiger charge is 2.02. The quantitative estimate of drug-likeness (QED) is 0.521. The minimum Gasteiger partial charge on any atom is -0.378 e. The first-order valence-corrected chi connectivity index (χ1v) is 6.42. The fraction of sp³-hybridized carbons (Fsp3) is 0.125. The average molecular weight is 285 g/mol. The second-order valence-electron chi connectivity index (χ2n) is 4.65. The molecule has 4 nitrogen and oxygen atoms in total. The number of carbonyl (C=O) groups is 1. The predicted molar refractivity (Wildman–Crippen MR) is 82.1 cm³/mol. The summed E-state index contributed by atoms with van der Waals surface area (Å²) >= 11 is 0. The molecule has 0 fully saturated rings. The van der Waals surface area contributed by atoms with Crippen molar-refractivity contribution in [1.82, 2.24) is 4.98 Å². The molecule has 0 aliphatic rings. The minimum atomic E-state index is -0.602. The number of pyridine rings is 1. The van der Waals surface area contributed by atoms with Gasteiger partial charge in [-0.15, -0.1) is 0 Å². The zero-order chi connectivity index (χ0) is 15.2. The Morgan fingerprint density at radius 1 is 1.19 bits per heavy atom. The molecule has 1 N–H and O–H groups in total. The Kier molecular flexibility index (Phi) is 4.66. The Morgan fingerprint density at radius 3 is 2.48 bits per heavy atom. The third-order valence-corrected chi connectivity index (χ3v) is 2.88. The maximum absolute atomic E-state index is 12.7. The molecule has 0 unspecified atom stereocenters. The van der Waals surface area contributed by atoms with Crippen molar-refractivity contribution in [1.29, 1.82) is 0 Å². The van der Waals surface area contributed by atoms with Gasteiger partial charge in [0.15, 0.2) is 5.78 Å². The summed E-state index contributed by atoms with van der Waals surface area (Å²) in [5.74, 6) is -0.838. The predicted octanol–water partition coefficient (Wildman–Crippen LogP) is 3.10. The summed E-state index contributed by atoms with van der Waals surface area (Å²) in [4.78, 5) is 17.2. The lowest BCUT2D eigenvalue weighted by Gasteiger charge is -2.12. The molecule has 0 aliphatic carbocycles. The van der Waals surface area contributed by atoms with Gasteiger partial charge in [-0.05, 0) is 36.4 Å². The molecule has 2 aromatic rings. The van der Waals surface area contributed by atoms with Crippen LogP contribution in [0.25, 0.3) is 0 Å². The molecule has 2 rings (SSSR count). The van der Waals surface area contributed by atoms with E-state index in [0.717, 1.165) is 17.4 Å². The van der Waals surface area contributed by atoms with E-state index in [0.29, 0.717) is 5.56 Å². The zero-order valence-corrected chi connectivity index (χ0v) is 11.9. The molecule has 0 aliphatic heterocycles. The summed E-state index contributed by atoms with van der Waals surface area (Å²) in [6.07, 6.45) is 4.15. The van der Waals surface area contributed by atoms with E-state index in [1.165, 1.54) is 18.3 Å². The molecule has 5 heteroatoms. The van der Waals surface area contributed by atoms with Crippen LogP contribution in [0.4, 0.5) is 15.8 Å². The number of ketones is 1. The van der Waals surface area contributed by atoms with E-state index in [4.69, 9.17) is 0 Å². The number of carbonyl (C=O) groups excluding carboxylic acids is 1. The molecular weight excluding hydrogens is 269 g/mol. The van der Waals surface area contributed by atoms with Gasteiger partial charge in [-0.3, -0.25) is 4.79 Å². The number of allylic oxidation sites excluding steroid dienone is 1. The number of rotatable bonds is 5. The van der Waals surface area contributed by atoms with Gasteiger partial charge in [0.25, 0.3) is 0 Å². The van der Waals surface area contributed by atoms with Crippen LogP contribution >= 0.6 is 0 Å². The van der Waals surface area contributed by atoms with Crippen molar-refractivity contribution in [2.45, 2.75) is 0 Å². The van der Waals surface area contributed by atoms with Crippen molar-refractivity contribution in [3.05, 3.63) is 66.4 Å². The summed E-state index contributed by atoms with van der Waals surface area (Å²) in [5, 5.41) is 3.01. The first kappa shape index (κ1) is 14.7. The topological polar surface area (TPSA) is 45.2 Å². The van der Waals surface area contributed by atoms with Crippen LogP contribution in [0.15, 0.2) is 54.9 Å². The summed E-state index contributed by atoms with van der Waals surface area (Å²) in [5.41, 5.74) is 2.32. The van der Waals surface area contributed by atoms with E-state index >= 15 is 0 Å². The van der Waals surface area contributed by atoms with Crippen molar-refractivity contribution in [3.63, 3.8) is 0 Å². The van der Waals surface area contributed by atoms with E-state index < -0.39 is 5.95 Å². The molecular formula is C16H16FN3O. The molecule has 1 aromatic carbocycles. The van der Waals surface area contributed by atoms with E-state index in [-0.39, 0.29) is 5.78 Å². The van der Waals surface area contributed by atoms with Crippen LogP contribution in [-0.2, 0) is 0 Å². The zero-order valence-electron chi connectivity index (χ0n) is 11.9. The molecule has 21 heavy (non-hydrogen) atoms. The van der Waals surface area contributed by atoms with E-state index in [1.807, 2.05) is 43.3 Å². The molecule has 108 valence electrons. The number of anilines is 2. The van der Waals surface area contributed by atoms with Crippen molar-refractivity contribution >= 4 is 17.2 Å². The number of hydrogen-bond acceptors (Lipinski definition) is 4. The van der Waals surface area contributed by atoms with Gasteiger partial charge < -0.3 is 10.2 Å². The van der Waals surface area contributed by atoms with Gasteiger partial charge in [-0.25, -0.2) is 4.98 Å². The molecule has 0 saturated heterocycles. The van der Waals surface area contributed by atoms with Crippen molar-refractivity contribution in [2.24, 2.45) is 0 Å². The molecule has 0 spiro atoms. The molecule has 0 radical (unpaired) electrons. The highest BCUT2D eigenvalue weighted by Crippen LogP contribution is 2.15. The van der Waals surface area contributed by atoms with Crippen molar-refractivity contribution in [3.8, 4) is 0 Å². The highest BCUT2D eigenvalue weighted by atomic mass is 19.1. The summed E-state index contributed by atoms with van der Waals surface area (Å²) < 4.78 is 12.7. The largest absolute Gasteiger partial charge is 0.378 e. The molecule has 1 aromatic heterocycles. The Hall–Kier alpha value is -2.69. The Labute approximate surface area is 122 Å². The van der Waals surface area contributed by atoms with Crippen LogP contribution in [0, 0.1) is 5.95 Å². The van der Waals surface area contributed by atoms with Crippen LogP contribution in [0.3, 0.4) is 0 Å². The monoisotopic (exact) mass is 285 g/mol. The van der Waals surface area contributed by atoms with Gasteiger partial charge in [0, 0.05) is 49.5 Å². The Bertz CT molecular complexity index is 634. The van der Waals surface area contributed by atoms with E-state index in [2.05, 4.69) is 10.3 Å². The lowest BCUT2D eigenvalue weighted by atomic mass is 10.2. The number of hydrogen-bond donors (Lipinski definition) is 1. The summed E-state index contributed by atoms with van der Waals surface area (Å²) in [7, 11) is 3.94. The van der Waals surface area contributed by atoms with Crippen molar-refractivity contribution < 1.29 is 9.18 Å². The smallest absolute Gasteiger partial charge is 0.212 e. The fourth-order valence-electron chi connectivity index (χ4n) is 1.69. The second-order valence-corrected chi connectivity index (χ2v) is 4.65. The maximum atomic E-state index is 12.7. The minimum absolute atomic E-state index is 0.236. The second kappa shape index (κ2) is 6.65. The molecule has 0 amide bonds. The van der Waals surface area contributed by atoms with Gasteiger partial charge in [-0.2, -0.15) is 4.39 Å². The third kappa shape index (κ3) is 4.14. The first-order valence-electron chi connectivity index (χ1n) is 6.42. The molecule has 0 saturated carbocycles. The summed E-state index contributed by atoms with van der Waals surface area (Å²) in [6.45, 7) is 0. The lowest BCUT2D eigenvalue weighted by molar-refractivity contribution is 0.104. The summed E-state index contributed by atoms with van der Waals surface area (Å²) in [6, 6.07) is 10.4. The van der Waals surface area contributed by atoms with Gasteiger partial charge in [-0.1, -0.05) is 0 Å². The van der Waals surface area contributed by atoms with Crippen LogP contribution in [0.1, 0.15) is 10.4 Å². The van der Waals surface area contributed by atoms with Crippen LogP contribution in [0.2, 0.25) is 0 Å². The van der Waals surface area contributed by atoms with Crippen molar-refractivity contribution in [2.75, 3.05) is 24.3 Å². The SMILES string of the molecule is CN(C)c1ccc(NC=CC(=O)c2ccc(F)nc2)cc1. The maximum Gasteiger partial charge on any atom is 0.212 e. The lowest BCUT2D eigenvalue weighted by Crippen LogP contribution is -2.08. The fourth-order valence-corrected chi connectivity index (χ4v) is 1.69. The van der Waals surface area contributed by atoms with E-state index in [1.54, 1.807) is 6.20 Å². The van der Waals surface area contributed by atoms with E-state index in [9.17, 15) is 9.18 Å². The van der Waals surface area contributed by atoms with Gasteiger partial charge in [0.1, 0.15) is 0 Å². The Balaban J connectivity index is 1.95. The number of aromatic nitrogens is 1. The van der Waals surface area contributed by atoms with Gasteiger partial charge >= 0.3 is 0 Å². The normalized spacial score (nSPS) is 10.6. The van der Waals surface area contributed by atoms with Gasteiger partial charge in [0.05, 0.1) is 0 Å². The van der Waals surface area contributed by atoms with Crippen LogP contribution < -0.4 is 10.2 Å². The molecule has 0 atom stereocenters. The highest BCUT2D eigenvalue weighted by molar-refractivity contribution is 6.04. The number of halogens is 1. The third-order valence-electron chi connectivity index (χ3n) is 2.88. The number of benzene rings is 1. The molecule has 1 heterocycles. The standard InChI is InChI=1S/C16H16FN3O/c1-20(2)14-6-4-13(5-7-14)18-10-9-15(21)12-3-8-16(17)19-11-12/h3-11,18H,1-2H3. The first-order chi connectivity index (χ1) is 10.1. The Morgan fingerprint density at radius 2 is 1.90 bits per heavy atom. The van der Waals surface area contributed by atoms with Crippen LogP contribution in [-0.4, -0.2) is 24.9 Å². The molecule has 0 bridgehead atoms. The number of nitrogens with one attached hydrogen (secondary N) is 1. The number of nitrogens with zero attached hydrogens (tertiary/aromatic N) is 2. The van der Waals surface area contributed by atoms with Crippen LogP contribution in [0.5, 0.6) is 0 Å². The van der Waals surface area contributed by atoms with Gasteiger partial charge in [0.2, 0.25) is 5.95 Å². The average Bonchev–Trinajstić information content (AvgIpc) is 2.48.